The van der Waals surface area contributed by atoms with Crippen molar-refractivity contribution in [3.63, 3.8) is 0 Å². The Bertz CT molecular complexity index is 630. The quantitative estimate of drug-likeness (QED) is 0.527. The van der Waals surface area contributed by atoms with E-state index in [9.17, 15) is 15.3 Å². The van der Waals surface area contributed by atoms with Crippen molar-refractivity contribution in [2.24, 2.45) is 23.2 Å². The normalized spacial score (nSPS) is 38.8. The molecule has 3 heteroatoms. The van der Waals surface area contributed by atoms with Gasteiger partial charge in [0.2, 0.25) is 0 Å². The lowest BCUT2D eigenvalue weighted by Crippen LogP contribution is -2.36. The molecule has 0 spiro atoms. The first-order valence-corrected chi connectivity index (χ1v) is 11.8. The van der Waals surface area contributed by atoms with Gasteiger partial charge in [0.25, 0.3) is 0 Å². The molecule has 7 atom stereocenters. The second-order valence-corrected chi connectivity index (χ2v) is 10.4. The van der Waals surface area contributed by atoms with E-state index in [1.54, 1.807) is 5.57 Å². The fraction of sp³-hybridized carbons (Fsp3) is 0.769. The van der Waals surface area contributed by atoms with E-state index in [0.29, 0.717) is 29.7 Å². The van der Waals surface area contributed by atoms with Crippen molar-refractivity contribution in [2.45, 2.75) is 103 Å². The zero-order valence-corrected chi connectivity index (χ0v) is 18.7. The Labute approximate surface area is 177 Å². The van der Waals surface area contributed by atoms with Crippen LogP contribution in [0.4, 0.5) is 0 Å². The van der Waals surface area contributed by atoms with Crippen LogP contribution in [0.5, 0.6) is 0 Å². The summed E-state index contributed by atoms with van der Waals surface area (Å²) in [6.07, 6.45) is 14.0. The van der Waals surface area contributed by atoms with Crippen LogP contribution in [0, 0.1) is 23.2 Å². The Kier molecular flexibility index (Phi) is 7.46. The second-order valence-electron chi connectivity index (χ2n) is 10.4. The molecule has 0 heterocycles. The molecule has 0 aliphatic heterocycles. The van der Waals surface area contributed by atoms with E-state index in [1.165, 1.54) is 38.5 Å². The predicted molar refractivity (Wildman–Crippen MR) is 119 cm³/mol. The van der Waals surface area contributed by atoms with Gasteiger partial charge >= 0.3 is 0 Å². The summed E-state index contributed by atoms with van der Waals surface area (Å²) in [5.74, 6) is 2.17. The molecule has 0 aromatic carbocycles. The third-order valence-corrected chi connectivity index (χ3v) is 8.31. The van der Waals surface area contributed by atoms with Gasteiger partial charge in [-0.1, -0.05) is 56.6 Å². The van der Waals surface area contributed by atoms with Crippen LogP contribution >= 0.6 is 0 Å². The van der Waals surface area contributed by atoms with Crippen molar-refractivity contribution in [2.75, 3.05) is 0 Å². The van der Waals surface area contributed by atoms with Crippen LogP contribution < -0.4 is 0 Å². The highest BCUT2D eigenvalue weighted by atomic mass is 16.3. The summed E-state index contributed by atoms with van der Waals surface area (Å²) in [5.41, 5.74) is 3.67. The number of hydrogen-bond donors (Lipinski definition) is 3. The molecule has 0 aromatic rings. The summed E-state index contributed by atoms with van der Waals surface area (Å²) >= 11 is 0. The van der Waals surface area contributed by atoms with Crippen molar-refractivity contribution in [1.82, 2.24) is 0 Å². The summed E-state index contributed by atoms with van der Waals surface area (Å²) in [6, 6.07) is 0. The van der Waals surface area contributed by atoms with Gasteiger partial charge in [0.15, 0.2) is 0 Å². The summed E-state index contributed by atoms with van der Waals surface area (Å²) in [6.45, 7) is 10.7. The van der Waals surface area contributed by atoms with Gasteiger partial charge in [-0.05, 0) is 87.0 Å². The van der Waals surface area contributed by atoms with E-state index >= 15 is 0 Å². The SMILES string of the molecule is C=C1[C@H](O)CC(=CC=C2CCC[C@]3(C)[C@@H]([C@H](C)CCC[C@H](C)O)CC[C@@H]23)C[C@H]1O. The topological polar surface area (TPSA) is 60.7 Å². The van der Waals surface area contributed by atoms with E-state index in [1.807, 2.05) is 6.92 Å². The maximum Gasteiger partial charge on any atom is 0.0809 e. The Morgan fingerprint density at radius 2 is 1.79 bits per heavy atom. The lowest BCUT2D eigenvalue weighted by molar-refractivity contribution is 0.0907. The monoisotopic (exact) mass is 402 g/mol. The van der Waals surface area contributed by atoms with Gasteiger partial charge in [0.1, 0.15) is 0 Å². The number of aliphatic hydroxyl groups is 3. The average molecular weight is 403 g/mol. The van der Waals surface area contributed by atoms with Gasteiger partial charge in [-0.2, -0.15) is 0 Å². The largest absolute Gasteiger partial charge is 0.393 e. The molecule has 0 unspecified atom stereocenters. The fourth-order valence-electron chi connectivity index (χ4n) is 6.58. The first-order valence-electron chi connectivity index (χ1n) is 11.8. The minimum atomic E-state index is -0.613. The van der Waals surface area contributed by atoms with Gasteiger partial charge in [-0.15, -0.1) is 0 Å². The van der Waals surface area contributed by atoms with Crippen LogP contribution in [0.25, 0.3) is 0 Å². The average Bonchev–Trinajstić information content (AvgIpc) is 3.01. The molecule has 0 aromatic heterocycles. The second kappa shape index (κ2) is 9.49. The lowest BCUT2D eigenvalue weighted by atomic mass is 9.60. The maximum atomic E-state index is 10.1. The number of hydrogen-bond acceptors (Lipinski definition) is 3. The zero-order valence-electron chi connectivity index (χ0n) is 18.7. The van der Waals surface area contributed by atoms with Crippen LogP contribution in [0.15, 0.2) is 35.5 Å². The van der Waals surface area contributed by atoms with Crippen molar-refractivity contribution in [3.05, 3.63) is 35.5 Å². The Morgan fingerprint density at radius 3 is 2.45 bits per heavy atom. The highest BCUT2D eigenvalue weighted by molar-refractivity contribution is 5.29. The molecule has 3 fully saturated rings. The Balaban J connectivity index is 1.68. The molecule has 164 valence electrons. The van der Waals surface area contributed by atoms with E-state index < -0.39 is 12.2 Å². The lowest BCUT2D eigenvalue weighted by Gasteiger charge is -2.44. The van der Waals surface area contributed by atoms with Gasteiger partial charge < -0.3 is 15.3 Å². The molecular weight excluding hydrogens is 360 g/mol. The van der Waals surface area contributed by atoms with E-state index in [0.717, 1.165) is 30.3 Å². The van der Waals surface area contributed by atoms with Gasteiger partial charge in [0, 0.05) is 0 Å². The minimum Gasteiger partial charge on any atom is -0.393 e. The molecule has 29 heavy (non-hydrogen) atoms. The molecule has 0 amide bonds. The van der Waals surface area contributed by atoms with Crippen LogP contribution in [0.3, 0.4) is 0 Å². The molecule has 3 rings (SSSR count). The number of allylic oxidation sites excluding steroid dienone is 3. The van der Waals surface area contributed by atoms with E-state index in [-0.39, 0.29) is 6.10 Å². The molecule has 0 saturated heterocycles. The molecule has 3 aliphatic carbocycles. The molecule has 3 saturated carbocycles. The van der Waals surface area contributed by atoms with Gasteiger partial charge in [-0.25, -0.2) is 0 Å². The molecule has 0 radical (unpaired) electrons. The zero-order chi connectivity index (χ0) is 21.2. The molecule has 3 aliphatic rings. The summed E-state index contributed by atoms with van der Waals surface area (Å²) in [4.78, 5) is 0. The molecular formula is C26H42O3. The molecule has 0 bridgehead atoms. The van der Waals surface area contributed by atoms with Crippen molar-refractivity contribution in [3.8, 4) is 0 Å². The van der Waals surface area contributed by atoms with E-state index in [2.05, 4.69) is 32.6 Å². The van der Waals surface area contributed by atoms with Crippen LogP contribution in [-0.2, 0) is 0 Å². The highest BCUT2D eigenvalue weighted by Gasteiger charge is 2.50. The van der Waals surface area contributed by atoms with Crippen LogP contribution in [0.2, 0.25) is 0 Å². The number of fused-ring (bicyclic) bond motifs is 1. The summed E-state index contributed by atoms with van der Waals surface area (Å²) in [7, 11) is 0. The van der Waals surface area contributed by atoms with Crippen LogP contribution in [0.1, 0.15) is 85.0 Å². The number of aliphatic hydroxyl groups excluding tert-OH is 3. The highest BCUT2D eigenvalue weighted by Crippen LogP contribution is 2.59. The predicted octanol–water partition coefficient (Wildman–Crippen LogP) is 5.31. The van der Waals surface area contributed by atoms with Crippen molar-refractivity contribution < 1.29 is 15.3 Å². The first-order chi connectivity index (χ1) is 13.7. The molecule has 3 N–H and O–H groups in total. The smallest absolute Gasteiger partial charge is 0.0809 e. The summed E-state index contributed by atoms with van der Waals surface area (Å²) < 4.78 is 0. The third kappa shape index (κ3) is 5.06. The summed E-state index contributed by atoms with van der Waals surface area (Å²) in [5, 5.41) is 29.8. The third-order valence-electron chi connectivity index (χ3n) is 8.31. The Morgan fingerprint density at radius 1 is 1.10 bits per heavy atom. The maximum absolute atomic E-state index is 10.1. The standard InChI is InChI=1S/C26H42O3/c1-17(7-5-8-18(2)27)22-12-13-23-21(9-6-14-26(22,23)4)11-10-20-15-24(28)19(3)25(29)16-20/h10-11,17-18,22-25,27-29H,3,5-9,12-16H2,1-2,4H3/t17-,18+,22-,23+,24-,25-,26-/m1/s1. The number of rotatable bonds is 6. The van der Waals surface area contributed by atoms with Crippen LogP contribution in [-0.4, -0.2) is 33.6 Å². The van der Waals surface area contributed by atoms with E-state index in [4.69, 9.17) is 0 Å². The minimum absolute atomic E-state index is 0.180. The van der Waals surface area contributed by atoms with Crippen molar-refractivity contribution in [1.29, 1.82) is 0 Å². The first kappa shape index (κ1) is 22.8. The van der Waals surface area contributed by atoms with Crippen molar-refractivity contribution >= 4 is 0 Å². The van der Waals surface area contributed by atoms with Gasteiger partial charge in [-0.3, -0.25) is 0 Å². The fourth-order valence-corrected chi connectivity index (χ4v) is 6.58. The molecule has 3 nitrogen and oxygen atoms in total. The Hall–Kier alpha value is -0.900. The van der Waals surface area contributed by atoms with Gasteiger partial charge in [0.05, 0.1) is 18.3 Å².